The van der Waals surface area contributed by atoms with Gasteiger partial charge in [-0.3, -0.25) is 0 Å². The molecule has 0 atom stereocenters. The molecule has 2 aromatic heterocycles. The van der Waals surface area contributed by atoms with Crippen LogP contribution in [0.2, 0.25) is 0 Å². The van der Waals surface area contributed by atoms with E-state index in [0.717, 1.165) is 12.8 Å². The molecule has 0 spiro atoms. The zero-order valence-electron chi connectivity index (χ0n) is 12.4. The standard InChI is InChI=1S/C16H22N4/c1-11-13-7-3-5-9-15(13)17-19(11)20-12(2)14-8-4-6-10-16(14)18-20/h3-10H2,1-2H3. The molecule has 0 bridgehead atoms. The molecular formula is C16H22N4. The molecule has 0 aromatic carbocycles. The van der Waals surface area contributed by atoms with Gasteiger partial charge in [0.2, 0.25) is 0 Å². The van der Waals surface area contributed by atoms with Crippen molar-refractivity contribution in [1.82, 2.24) is 19.8 Å². The molecule has 2 aliphatic rings. The van der Waals surface area contributed by atoms with E-state index in [0.29, 0.717) is 0 Å². The topological polar surface area (TPSA) is 35.6 Å². The van der Waals surface area contributed by atoms with Gasteiger partial charge in [0.1, 0.15) is 0 Å². The van der Waals surface area contributed by atoms with Gasteiger partial charge in [0, 0.05) is 0 Å². The van der Waals surface area contributed by atoms with Gasteiger partial charge in [-0.2, -0.15) is 19.8 Å². The number of fused-ring (bicyclic) bond motifs is 2. The van der Waals surface area contributed by atoms with Crippen molar-refractivity contribution in [3.63, 3.8) is 0 Å². The average molecular weight is 270 g/mol. The predicted molar refractivity (Wildman–Crippen MR) is 78.0 cm³/mol. The molecule has 2 aliphatic carbocycles. The highest BCUT2D eigenvalue weighted by Gasteiger charge is 2.23. The molecule has 106 valence electrons. The molecule has 0 saturated carbocycles. The Balaban J connectivity index is 1.85. The van der Waals surface area contributed by atoms with E-state index in [9.17, 15) is 0 Å². The van der Waals surface area contributed by atoms with Gasteiger partial charge >= 0.3 is 0 Å². The third-order valence-corrected chi connectivity index (χ3v) is 4.96. The molecule has 2 aromatic rings. The van der Waals surface area contributed by atoms with Crippen LogP contribution in [-0.2, 0) is 25.7 Å². The Morgan fingerprint density at radius 3 is 1.45 bits per heavy atom. The molecule has 4 rings (SSSR count). The first-order valence-corrected chi connectivity index (χ1v) is 7.91. The third-order valence-electron chi connectivity index (χ3n) is 4.96. The lowest BCUT2D eigenvalue weighted by Gasteiger charge is -2.09. The maximum absolute atomic E-state index is 4.84. The van der Waals surface area contributed by atoms with E-state index in [4.69, 9.17) is 10.2 Å². The maximum atomic E-state index is 4.84. The zero-order chi connectivity index (χ0) is 13.7. The number of hydrogen-bond acceptors (Lipinski definition) is 2. The first-order valence-electron chi connectivity index (χ1n) is 7.91. The van der Waals surface area contributed by atoms with Crippen LogP contribution in [0, 0.1) is 13.8 Å². The van der Waals surface area contributed by atoms with Crippen molar-refractivity contribution in [2.45, 2.75) is 65.2 Å². The number of hydrogen-bond donors (Lipinski definition) is 0. The quantitative estimate of drug-likeness (QED) is 0.799. The summed E-state index contributed by atoms with van der Waals surface area (Å²) in [5.74, 6) is 0. The highest BCUT2D eigenvalue weighted by molar-refractivity contribution is 5.31. The summed E-state index contributed by atoms with van der Waals surface area (Å²) in [5, 5.41) is 9.68. The van der Waals surface area contributed by atoms with Crippen molar-refractivity contribution in [2.24, 2.45) is 0 Å². The number of nitrogens with zero attached hydrogens (tertiary/aromatic N) is 4. The average Bonchev–Trinajstić information content (AvgIpc) is 2.98. The maximum Gasteiger partial charge on any atom is 0.0681 e. The van der Waals surface area contributed by atoms with Crippen molar-refractivity contribution in [3.8, 4) is 0 Å². The Kier molecular flexibility index (Phi) is 2.72. The van der Waals surface area contributed by atoms with E-state index in [1.165, 1.54) is 72.4 Å². The Bertz CT molecular complexity index is 604. The molecule has 2 heterocycles. The van der Waals surface area contributed by atoms with Crippen LogP contribution in [0.4, 0.5) is 0 Å². The first-order chi connectivity index (χ1) is 9.75. The molecule has 20 heavy (non-hydrogen) atoms. The van der Waals surface area contributed by atoms with E-state index in [1.54, 1.807) is 0 Å². The minimum Gasteiger partial charge on any atom is -0.155 e. The lowest BCUT2D eigenvalue weighted by molar-refractivity contribution is 0.473. The summed E-state index contributed by atoms with van der Waals surface area (Å²) in [6, 6.07) is 0. The highest BCUT2D eigenvalue weighted by Crippen LogP contribution is 2.26. The van der Waals surface area contributed by atoms with Gasteiger partial charge in [-0.05, 0) is 76.3 Å². The second-order valence-electron chi connectivity index (χ2n) is 6.21. The molecule has 0 unspecified atom stereocenters. The minimum absolute atomic E-state index is 1.13. The summed E-state index contributed by atoms with van der Waals surface area (Å²) in [6.45, 7) is 4.38. The van der Waals surface area contributed by atoms with Crippen molar-refractivity contribution < 1.29 is 0 Å². The number of rotatable bonds is 1. The summed E-state index contributed by atoms with van der Waals surface area (Å²) < 4.78 is 0. The molecule has 0 saturated heterocycles. The normalized spacial score (nSPS) is 17.9. The molecule has 0 radical (unpaired) electrons. The molecule has 0 fully saturated rings. The fraction of sp³-hybridized carbons (Fsp3) is 0.625. The number of aryl methyl sites for hydroxylation is 2. The highest BCUT2D eigenvalue weighted by atomic mass is 15.7. The third kappa shape index (κ3) is 1.67. The van der Waals surface area contributed by atoms with Gasteiger partial charge in [0.05, 0.1) is 22.8 Å². The van der Waals surface area contributed by atoms with Crippen molar-refractivity contribution in [1.29, 1.82) is 0 Å². The fourth-order valence-corrected chi connectivity index (χ4v) is 3.77. The summed E-state index contributed by atoms with van der Waals surface area (Å²) in [6.07, 6.45) is 9.77. The van der Waals surface area contributed by atoms with Gasteiger partial charge in [0.25, 0.3) is 0 Å². The first kappa shape index (κ1) is 12.2. The summed E-state index contributed by atoms with van der Waals surface area (Å²) in [4.78, 5) is 4.09. The van der Waals surface area contributed by atoms with Gasteiger partial charge in [-0.1, -0.05) is 0 Å². The van der Waals surface area contributed by atoms with Crippen molar-refractivity contribution in [2.75, 3.05) is 0 Å². The molecule has 4 heteroatoms. The fourth-order valence-electron chi connectivity index (χ4n) is 3.77. The monoisotopic (exact) mass is 270 g/mol. The lowest BCUT2D eigenvalue weighted by Crippen LogP contribution is -2.16. The Labute approximate surface area is 119 Å². The molecule has 0 aliphatic heterocycles. The van der Waals surface area contributed by atoms with Crippen LogP contribution in [0.15, 0.2) is 0 Å². The van der Waals surface area contributed by atoms with Crippen molar-refractivity contribution in [3.05, 3.63) is 33.9 Å². The molecule has 4 nitrogen and oxygen atoms in total. The van der Waals surface area contributed by atoms with Crippen LogP contribution < -0.4 is 0 Å². The second kappa shape index (κ2) is 4.47. The summed E-state index contributed by atoms with van der Waals surface area (Å²) >= 11 is 0. The van der Waals surface area contributed by atoms with Crippen LogP contribution in [0.1, 0.15) is 59.6 Å². The van der Waals surface area contributed by atoms with Gasteiger partial charge in [-0.15, -0.1) is 0 Å². The van der Waals surface area contributed by atoms with E-state index in [2.05, 4.69) is 13.8 Å². The van der Waals surface area contributed by atoms with Gasteiger partial charge in [-0.25, -0.2) is 0 Å². The SMILES string of the molecule is Cc1c2c(nn1-n1nc3c(c1C)CCCC3)CCCC2. The zero-order valence-corrected chi connectivity index (χ0v) is 12.4. The molecule has 0 N–H and O–H groups in total. The molecule has 0 amide bonds. The Morgan fingerprint density at radius 1 is 0.650 bits per heavy atom. The van der Waals surface area contributed by atoms with E-state index in [1.807, 2.05) is 9.58 Å². The number of aromatic nitrogens is 4. The second-order valence-corrected chi connectivity index (χ2v) is 6.21. The van der Waals surface area contributed by atoms with Crippen LogP contribution in [-0.4, -0.2) is 19.8 Å². The predicted octanol–water partition coefficient (Wildman–Crippen LogP) is 2.77. The van der Waals surface area contributed by atoms with E-state index < -0.39 is 0 Å². The van der Waals surface area contributed by atoms with E-state index >= 15 is 0 Å². The largest absolute Gasteiger partial charge is 0.155 e. The lowest BCUT2D eigenvalue weighted by atomic mass is 9.96. The Morgan fingerprint density at radius 2 is 1.05 bits per heavy atom. The van der Waals surface area contributed by atoms with Crippen LogP contribution in [0.25, 0.3) is 0 Å². The molecular weight excluding hydrogens is 248 g/mol. The Hall–Kier alpha value is -1.58. The van der Waals surface area contributed by atoms with Crippen molar-refractivity contribution >= 4 is 0 Å². The van der Waals surface area contributed by atoms with Crippen LogP contribution in [0.3, 0.4) is 0 Å². The van der Waals surface area contributed by atoms with Gasteiger partial charge < -0.3 is 0 Å². The van der Waals surface area contributed by atoms with E-state index in [-0.39, 0.29) is 0 Å². The smallest absolute Gasteiger partial charge is 0.0681 e. The van der Waals surface area contributed by atoms with Gasteiger partial charge in [0.15, 0.2) is 0 Å². The summed E-state index contributed by atoms with van der Waals surface area (Å²) in [7, 11) is 0. The minimum atomic E-state index is 1.13. The van der Waals surface area contributed by atoms with Crippen LogP contribution in [0.5, 0.6) is 0 Å². The summed E-state index contributed by atoms with van der Waals surface area (Å²) in [5.41, 5.74) is 8.07. The van der Waals surface area contributed by atoms with Crippen LogP contribution >= 0.6 is 0 Å².